The van der Waals surface area contributed by atoms with Gasteiger partial charge in [0.05, 0.1) is 42.7 Å². The number of hydrogen-bond donors (Lipinski definition) is 0. The molecule has 0 spiro atoms. The van der Waals surface area contributed by atoms with Gasteiger partial charge in [0.15, 0.2) is 9.84 Å². The van der Waals surface area contributed by atoms with Gasteiger partial charge in [-0.1, -0.05) is 24.8 Å². The molecule has 1 saturated heterocycles. The summed E-state index contributed by atoms with van der Waals surface area (Å²) in [5.74, 6) is -0.592. The lowest BCUT2D eigenvalue weighted by Crippen LogP contribution is -2.35. The van der Waals surface area contributed by atoms with Gasteiger partial charge < -0.3 is 14.4 Å². The molecule has 0 radical (unpaired) electrons. The number of morpholine rings is 1. The molecule has 1 fully saturated rings. The van der Waals surface area contributed by atoms with E-state index in [4.69, 9.17) is 9.47 Å². The second-order valence-corrected chi connectivity index (χ2v) is 9.63. The summed E-state index contributed by atoms with van der Waals surface area (Å²) in [6.45, 7) is 15.3. The van der Waals surface area contributed by atoms with Crippen molar-refractivity contribution in [3.63, 3.8) is 0 Å². The Hall–Kier alpha value is -2.45. The van der Waals surface area contributed by atoms with Crippen molar-refractivity contribution < 1.29 is 22.3 Å². The average Bonchev–Trinajstić information content (AvgIpc) is 2.77. The van der Waals surface area contributed by atoms with Gasteiger partial charge in [0.2, 0.25) is 0 Å². The molecule has 1 unspecified atom stereocenters. The van der Waals surface area contributed by atoms with Crippen molar-refractivity contribution in [1.82, 2.24) is 4.90 Å². The molecular formula is C25H37FN2O4S. The van der Waals surface area contributed by atoms with E-state index in [0.29, 0.717) is 24.5 Å². The topological polar surface area (TPSA) is 68.2 Å². The molecule has 8 heteroatoms. The summed E-state index contributed by atoms with van der Waals surface area (Å²) in [5.41, 5.74) is 1.94. The minimum atomic E-state index is -3.59. The number of hydrogen-bond acceptors (Lipinski definition) is 6. The number of methoxy groups -OCH3 is 1. The van der Waals surface area contributed by atoms with Crippen LogP contribution in [0, 0.1) is 0 Å². The van der Waals surface area contributed by atoms with Gasteiger partial charge in [0.1, 0.15) is 11.6 Å². The third-order valence-electron chi connectivity index (χ3n) is 5.10. The van der Waals surface area contributed by atoms with Gasteiger partial charge in [-0.3, -0.25) is 4.99 Å². The SMILES string of the molecule is C=C(/C=C\C(OC)=C(/C)F)C(C)N=C(/C=C(\C)N1CCOCC1)CS(=O)(=O)C(/C=C\C)=C/C. The van der Waals surface area contributed by atoms with Crippen LogP contribution in [0.15, 0.2) is 75.8 Å². The average molecular weight is 481 g/mol. The van der Waals surface area contributed by atoms with E-state index in [1.165, 1.54) is 20.1 Å². The lowest BCUT2D eigenvalue weighted by molar-refractivity contribution is 0.0538. The zero-order valence-corrected chi connectivity index (χ0v) is 21.4. The Morgan fingerprint density at radius 1 is 1.21 bits per heavy atom. The van der Waals surface area contributed by atoms with Gasteiger partial charge in [-0.05, 0) is 58.4 Å². The fourth-order valence-corrected chi connectivity index (χ4v) is 4.58. The van der Waals surface area contributed by atoms with Crippen LogP contribution in [-0.4, -0.2) is 64.2 Å². The molecule has 6 nitrogen and oxygen atoms in total. The van der Waals surface area contributed by atoms with Crippen molar-refractivity contribution in [2.45, 2.75) is 40.7 Å². The van der Waals surface area contributed by atoms with Crippen molar-refractivity contribution in [3.05, 3.63) is 70.8 Å². The number of halogens is 1. The Morgan fingerprint density at radius 2 is 1.85 bits per heavy atom. The first-order valence-corrected chi connectivity index (χ1v) is 12.6. The van der Waals surface area contributed by atoms with Gasteiger partial charge in [-0.25, -0.2) is 12.8 Å². The third-order valence-corrected chi connectivity index (χ3v) is 6.87. The fraction of sp³-hybridized carbons (Fsp3) is 0.480. The second-order valence-electron chi connectivity index (χ2n) is 7.64. The van der Waals surface area contributed by atoms with E-state index in [-0.39, 0.29) is 16.4 Å². The van der Waals surface area contributed by atoms with Crippen molar-refractivity contribution >= 4 is 15.5 Å². The minimum absolute atomic E-state index is 0.0993. The van der Waals surface area contributed by atoms with E-state index in [0.717, 1.165) is 18.8 Å². The molecule has 33 heavy (non-hydrogen) atoms. The molecule has 1 atom stereocenters. The van der Waals surface area contributed by atoms with Crippen LogP contribution in [0.2, 0.25) is 0 Å². The molecule has 1 heterocycles. The molecule has 0 saturated carbocycles. The molecule has 0 amide bonds. The normalized spacial score (nSPS) is 18.6. The van der Waals surface area contributed by atoms with Gasteiger partial charge in [0, 0.05) is 18.8 Å². The van der Waals surface area contributed by atoms with Crippen LogP contribution in [-0.2, 0) is 19.3 Å². The van der Waals surface area contributed by atoms with Crippen LogP contribution in [0.25, 0.3) is 0 Å². The first kappa shape index (κ1) is 28.6. The fourth-order valence-electron chi connectivity index (χ4n) is 3.16. The Bertz CT molecular complexity index is 962. The maximum Gasteiger partial charge on any atom is 0.183 e. The van der Waals surface area contributed by atoms with Gasteiger partial charge in [-0.2, -0.15) is 0 Å². The van der Waals surface area contributed by atoms with Crippen molar-refractivity contribution in [2.75, 3.05) is 39.2 Å². The Balaban J connectivity index is 3.30. The zero-order valence-electron chi connectivity index (χ0n) is 20.6. The number of nitrogens with zero attached hydrogens (tertiary/aromatic N) is 2. The van der Waals surface area contributed by atoms with Crippen LogP contribution >= 0.6 is 0 Å². The molecule has 1 aliphatic rings. The molecule has 184 valence electrons. The Labute approximate surface area is 198 Å². The summed E-state index contributed by atoms with van der Waals surface area (Å²) in [7, 11) is -2.20. The van der Waals surface area contributed by atoms with Crippen LogP contribution in [0.1, 0.15) is 34.6 Å². The minimum Gasteiger partial charge on any atom is -0.494 e. The van der Waals surface area contributed by atoms with Crippen LogP contribution in [0.3, 0.4) is 0 Å². The molecule has 1 aliphatic heterocycles. The van der Waals surface area contributed by atoms with Gasteiger partial charge in [-0.15, -0.1) is 0 Å². The van der Waals surface area contributed by atoms with Gasteiger partial charge in [0.25, 0.3) is 0 Å². The molecule has 0 N–H and O–H groups in total. The summed E-state index contributed by atoms with van der Waals surface area (Å²) in [4.78, 5) is 7.06. The molecule has 0 aromatic rings. The molecular weight excluding hydrogens is 443 g/mol. The van der Waals surface area contributed by atoms with E-state index in [2.05, 4.69) is 16.5 Å². The highest BCUT2D eigenvalue weighted by atomic mass is 32.2. The molecule has 0 aromatic heterocycles. The maximum atomic E-state index is 13.5. The van der Waals surface area contributed by atoms with Crippen LogP contribution < -0.4 is 0 Å². The Kier molecular flexibility index (Phi) is 12.1. The smallest absolute Gasteiger partial charge is 0.183 e. The highest BCUT2D eigenvalue weighted by molar-refractivity contribution is 7.96. The quantitative estimate of drug-likeness (QED) is 0.239. The summed E-state index contributed by atoms with van der Waals surface area (Å²) < 4.78 is 49.9. The third kappa shape index (κ3) is 9.52. The van der Waals surface area contributed by atoms with Crippen molar-refractivity contribution in [3.8, 4) is 0 Å². The van der Waals surface area contributed by atoms with Crippen molar-refractivity contribution in [2.24, 2.45) is 4.99 Å². The number of rotatable bonds is 11. The highest BCUT2D eigenvalue weighted by Gasteiger charge is 2.20. The van der Waals surface area contributed by atoms with E-state index in [1.54, 1.807) is 38.2 Å². The predicted octanol–water partition coefficient (Wildman–Crippen LogP) is 4.91. The van der Waals surface area contributed by atoms with Crippen molar-refractivity contribution in [1.29, 1.82) is 0 Å². The molecule has 0 aliphatic carbocycles. The number of sulfone groups is 1. The molecule has 0 aromatic carbocycles. The zero-order chi connectivity index (χ0) is 25.0. The van der Waals surface area contributed by atoms with E-state index in [9.17, 15) is 12.8 Å². The maximum absolute atomic E-state index is 13.5. The second kappa shape index (κ2) is 14.0. The number of ether oxygens (including phenoxy) is 2. The lowest BCUT2D eigenvalue weighted by atomic mass is 10.1. The lowest BCUT2D eigenvalue weighted by Gasteiger charge is -2.29. The first-order chi connectivity index (χ1) is 15.5. The number of aliphatic imine (C=N–C) groups is 1. The number of allylic oxidation sites excluding steroid dienone is 7. The molecule has 0 bridgehead atoms. The van der Waals surface area contributed by atoms with E-state index < -0.39 is 21.7 Å². The standard InChI is InChI=1S/C25H37FN2O4S/c1-8-10-24(9-2)33(29,30)18-23(17-20(4)28-13-15-32-16-14-28)27-22(6)19(3)11-12-25(31-7)21(5)26/h8-12,17,22H,3,13-16,18H2,1-2,4-7H3/b10-8-,12-11-,20-17+,24-9+,25-21-,27-23?. The molecule has 1 rings (SSSR count). The van der Waals surface area contributed by atoms with Gasteiger partial charge >= 0.3 is 0 Å². The van der Waals surface area contributed by atoms with E-state index >= 15 is 0 Å². The largest absolute Gasteiger partial charge is 0.494 e. The Morgan fingerprint density at radius 3 is 2.36 bits per heavy atom. The van der Waals surface area contributed by atoms with E-state index in [1.807, 2.05) is 19.9 Å². The summed E-state index contributed by atoms with van der Waals surface area (Å²) >= 11 is 0. The first-order valence-electron chi connectivity index (χ1n) is 10.9. The summed E-state index contributed by atoms with van der Waals surface area (Å²) in [5, 5.41) is 0. The van der Waals surface area contributed by atoms with Crippen LogP contribution in [0.4, 0.5) is 4.39 Å². The monoisotopic (exact) mass is 480 g/mol. The highest BCUT2D eigenvalue weighted by Crippen LogP contribution is 2.16. The summed E-state index contributed by atoms with van der Waals surface area (Å²) in [6, 6.07) is -0.422. The summed E-state index contributed by atoms with van der Waals surface area (Å²) in [6.07, 6.45) is 9.77. The predicted molar refractivity (Wildman–Crippen MR) is 135 cm³/mol. The van der Waals surface area contributed by atoms with Crippen LogP contribution in [0.5, 0.6) is 0 Å².